The second-order valence-corrected chi connectivity index (χ2v) is 1.76. The summed E-state index contributed by atoms with van der Waals surface area (Å²) < 4.78 is 9.92. The molecule has 0 fully saturated rings. The van der Waals surface area contributed by atoms with Crippen molar-refractivity contribution in [1.29, 1.82) is 0 Å². The molecule has 0 atom stereocenters. The molecule has 0 N–H and O–H groups in total. The molecular weight excluding hydrogens is 116 g/mol. The first-order chi connectivity index (χ1) is 4.41. The largest absolute Gasteiger partial charge is 0.382 e. The molecule has 0 aromatic heterocycles. The highest BCUT2D eigenvalue weighted by Gasteiger charge is 1.84. The van der Waals surface area contributed by atoms with Gasteiger partial charge in [0.25, 0.3) is 0 Å². The Labute approximate surface area is 57.2 Å². The molecule has 0 spiro atoms. The van der Waals surface area contributed by atoms with Crippen LogP contribution in [0.1, 0.15) is 13.3 Å². The second kappa shape index (κ2) is 7.92. The van der Waals surface area contributed by atoms with Crippen molar-refractivity contribution in [1.82, 2.24) is 0 Å². The number of hydrogen-bond donors (Lipinski definition) is 0. The monoisotopic (exact) mass is 131 g/mol. The Balaban J connectivity index is 2.60. The van der Waals surface area contributed by atoms with Crippen molar-refractivity contribution in [3.05, 3.63) is 6.42 Å². The zero-order chi connectivity index (χ0) is 6.95. The fourth-order valence-corrected chi connectivity index (χ4v) is 0.427. The van der Waals surface area contributed by atoms with Gasteiger partial charge in [0.2, 0.25) is 0 Å². The van der Waals surface area contributed by atoms with E-state index in [9.17, 15) is 0 Å². The highest BCUT2D eigenvalue weighted by atomic mass is 16.5. The average Bonchev–Trinajstić information content (AvgIpc) is 1.89. The Morgan fingerprint density at radius 1 is 1.33 bits per heavy atom. The minimum absolute atomic E-state index is 0.692. The Morgan fingerprint density at radius 3 is 2.67 bits per heavy atom. The summed E-state index contributed by atoms with van der Waals surface area (Å²) >= 11 is 0. The third-order valence-electron chi connectivity index (χ3n) is 0.956. The van der Waals surface area contributed by atoms with Gasteiger partial charge in [0.05, 0.1) is 13.2 Å². The van der Waals surface area contributed by atoms with E-state index in [1.807, 2.05) is 0 Å². The van der Waals surface area contributed by atoms with E-state index in [2.05, 4.69) is 13.3 Å². The van der Waals surface area contributed by atoms with Crippen LogP contribution in [0, 0.1) is 6.42 Å². The Hall–Kier alpha value is -0.0800. The number of rotatable bonds is 6. The van der Waals surface area contributed by atoms with Crippen LogP contribution in [0.2, 0.25) is 0 Å². The SMILES string of the molecule is CC[CH]COCCOC. The summed E-state index contributed by atoms with van der Waals surface area (Å²) in [5, 5.41) is 0. The summed E-state index contributed by atoms with van der Waals surface area (Å²) in [5.74, 6) is 0. The van der Waals surface area contributed by atoms with E-state index in [1.54, 1.807) is 7.11 Å². The molecule has 0 aromatic carbocycles. The predicted octanol–water partition coefficient (Wildman–Crippen LogP) is 1.26. The normalized spacial score (nSPS) is 10.0. The average molecular weight is 131 g/mol. The van der Waals surface area contributed by atoms with Crippen LogP contribution in [0.4, 0.5) is 0 Å². The molecular formula is C7H15O2. The van der Waals surface area contributed by atoms with Gasteiger partial charge >= 0.3 is 0 Å². The first kappa shape index (κ1) is 8.92. The third kappa shape index (κ3) is 7.92. The maximum Gasteiger partial charge on any atom is 0.0700 e. The Kier molecular flexibility index (Phi) is 7.85. The zero-order valence-electron chi connectivity index (χ0n) is 6.22. The van der Waals surface area contributed by atoms with Crippen LogP contribution >= 0.6 is 0 Å². The van der Waals surface area contributed by atoms with Gasteiger partial charge in [-0.25, -0.2) is 0 Å². The van der Waals surface area contributed by atoms with Gasteiger partial charge in [-0.15, -0.1) is 0 Å². The van der Waals surface area contributed by atoms with E-state index in [0.29, 0.717) is 13.2 Å². The molecule has 1 radical (unpaired) electrons. The van der Waals surface area contributed by atoms with Gasteiger partial charge in [-0.05, 0) is 6.42 Å². The fourth-order valence-electron chi connectivity index (χ4n) is 0.427. The van der Waals surface area contributed by atoms with Gasteiger partial charge in [-0.3, -0.25) is 0 Å². The lowest BCUT2D eigenvalue weighted by molar-refractivity contribution is 0.0805. The van der Waals surface area contributed by atoms with E-state index in [-0.39, 0.29) is 0 Å². The van der Waals surface area contributed by atoms with Crippen LogP contribution < -0.4 is 0 Å². The second-order valence-electron chi connectivity index (χ2n) is 1.76. The topological polar surface area (TPSA) is 18.5 Å². The summed E-state index contributed by atoms with van der Waals surface area (Å²) in [7, 11) is 1.67. The van der Waals surface area contributed by atoms with Crippen molar-refractivity contribution in [3.63, 3.8) is 0 Å². The molecule has 2 nitrogen and oxygen atoms in total. The number of methoxy groups -OCH3 is 1. The van der Waals surface area contributed by atoms with Crippen molar-refractivity contribution in [2.75, 3.05) is 26.9 Å². The van der Waals surface area contributed by atoms with Gasteiger partial charge in [0.15, 0.2) is 0 Å². The predicted molar refractivity (Wildman–Crippen MR) is 37.3 cm³/mol. The van der Waals surface area contributed by atoms with Gasteiger partial charge in [0, 0.05) is 13.7 Å². The lowest BCUT2D eigenvalue weighted by atomic mass is 10.4. The van der Waals surface area contributed by atoms with E-state index in [1.165, 1.54) is 0 Å². The molecule has 0 aliphatic heterocycles. The first-order valence-electron chi connectivity index (χ1n) is 3.30. The molecule has 9 heavy (non-hydrogen) atoms. The van der Waals surface area contributed by atoms with Crippen LogP contribution in [0.15, 0.2) is 0 Å². The fraction of sp³-hybridized carbons (Fsp3) is 0.857. The maximum absolute atomic E-state index is 5.13. The summed E-state index contributed by atoms with van der Waals surface area (Å²) in [6.45, 7) is 4.24. The Morgan fingerprint density at radius 2 is 2.11 bits per heavy atom. The van der Waals surface area contributed by atoms with Crippen molar-refractivity contribution >= 4 is 0 Å². The van der Waals surface area contributed by atoms with Gasteiger partial charge in [-0.2, -0.15) is 0 Å². The molecule has 0 saturated heterocycles. The standard InChI is InChI=1S/C7H15O2/c1-3-4-5-9-7-6-8-2/h4H,3,5-7H2,1-2H3. The van der Waals surface area contributed by atoms with Crippen LogP contribution in [-0.4, -0.2) is 26.9 Å². The molecule has 0 heterocycles. The summed E-state index contributed by atoms with van der Waals surface area (Å²) in [6, 6.07) is 0. The van der Waals surface area contributed by atoms with Crippen LogP contribution in [0.5, 0.6) is 0 Å². The number of unbranched alkanes of at least 4 members (excludes halogenated alkanes) is 1. The summed E-state index contributed by atoms with van der Waals surface area (Å²) in [5.41, 5.74) is 0. The van der Waals surface area contributed by atoms with E-state index < -0.39 is 0 Å². The smallest absolute Gasteiger partial charge is 0.0700 e. The minimum Gasteiger partial charge on any atom is -0.382 e. The van der Waals surface area contributed by atoms with Crippen LogP contribution in [-0.2, 0) is 9.47 Å². The van der Waals surface area contributed by atoms with Crippen LogP contribution in [0.3, 0.4) is 0 Å². The van der Waals surface area contributed by atoms with E-state index in [0.717, 1.165) is 13.0 Å². The molecule has 0 unspecified atom stereocenters. The maximum atomic E-state index is 5.13. The molecule has 0 aromatic rings. The molecule has 0 amide bonds. The van der Waals surface area contributed by atoms with Crippen LogP contribution in [0.25, 0.3) is 0 Å². The van der Waals surface area contributed by atoms with Crippen molar-refractivity contribution < 1.29 is 9.47 Å². The molecule has 2 heteroatoms. The molecule has 0 bridgehead atoms. The van der Waals surface area contributed by atoms with E-state index >= 15 is 0 Å². The molecule has 0 aliphatic carbocycles. The molecule has 0 saturated carbocycles. The van der Waals surface area contributed by atoms with Gasteiger partial charge in [0.1, 0.15) is 0 Å². The quantitative estimate of drug-likeness (QED) is 0.505. The third-order valence-corrected chi connectivity index (χ3v) is 0.956. The van der Waals surface area contributed by atoms with Crippen molar-refractivity contribution in [2.24, 2.45) is 0 Å². The summed E-state index contributed by atoms with van der Waals surface area (Å²) in [6.07, 6.45) is 3.17. The lowest BCUT2D eigenvalue weighted by Gasteiger charge is -1.99. The molecule has 55 valence electrons. The van der Waals surface area contributed by atoms with Crippen molar-refractivity contribution in [2.45, 2.75) is 13.3 Å². The van der Waals surface area contributed by atoms with Gasteiger partial charge in [-0.1, -0.05) is 13.3 Å². The van der Waals surface area contributed by atoms with Crippen molar-refractivity contribution in [3.8, 4) is 0 Å². The van der Waals surface area contributed by atoms with E-state index in [4.69, 9.17) is 9.47 Å². The number of ether oxygens (including phenoxy) is 2. The molecule has 0 rings (SSSR count). The Bertz CT molecular complexity index is 40.2. The highest BCUT2D eigenvalue weighted by Crippen LogP contribution is 1.85. The van der Waals surface area contributed by atoms with Gasteiger partial charge < -0.3 is 9.47 Å². The zero-order valence-corrected chi connectivity index (χ0v) is 6.22. The first-order valence-corrected chi connectivity index (χ1v) is 3.30. The summed E-state index contributed by atoms with van der Waals surface area (Å²) in [4.78, 5) is 0. The lowest BCUT2D eigenvalue weighted by Crippen LogP contribution is -2.02. The highest BCUT2D eigenvalue weighted by molar-refractivity contribution is 4.57. The minimum atomic E-state index is 0.692. The molecule has 0 aliphatic rings. The number of hydrogen-bond acceptors (Lipinski definition) is 2.